The highest BCUT2D eigenvalue weighted by Crippen LogP contribution is 2.21. The van der Waals surface area contributed by atoms with Crippen molar-refractivity contribution in [1.29, 1.82) is 0 Å². The van der Waals surface area contributed by atoms with Crippen LogP contribution in [0.3, 0.4) is 0 Å². The summed E-state index contributed by atoms with van der Waals surface area (Å²) in [5, 5.41) is 0.544. The fourth-order valence-corrected chi connectivity index (χ4v) is 4.00. The predicted octanol–water partition coefficient (Wildman–Crippen LogP) is 8.49. The second-order valence-electron chi connectivity index (χ2n) is 8.83. The van der Waals surface area contributed by atoms with E-state index < -0.39 is 0 Å². The summed E-state index contributed by atoms with van der Waals surface area (Å²) in [6.07, 6.45) is 18.1. The maximum absolute atomic E-state index is 10.4. The van der Waals surface area contributed by atoms with Gasteiger partial charge in [-0.15, -0.1) is 0 Å². The second kappa shape index (κ2) is 23.2. The van der Waals surface area contributed by atoms with Gasteiger partial charge >= 0.3 is 0 Å². The molecule has 0 fully saturated rings. The van der Waals surface area contributed by atoms with E-state index in [-0.39, 0.29) is 6.10 Å². The van der Waals surface area contributed by atoms with Gasteiger partial charge in [-0.3, -0.25) is 4.79 Å². The van der Waals surface area contributed by atoms with Crippen LogP contribution in [0.1, 0.15) is 110 Å². The zero-order valence-electron chi connectivity index (χ0n) is 20.9. The molecule has 0 aliphatic rings. The normalized spacial score (nSPS) is 12.7. The lowest BCUT2D eigenvalue weighted by Gasteiger charge is -2.19. The quantitative estimate of drug-likeness (QED) is 0.0527. The van der Waals surface area contributed by atoms with Gasteiger partial charge < -0.3 is 14.2 Å². The van der Waals surface area contributed by atoms with Crippen molar-refractivity contribution in [2.75, 3.05) is 18.5 Å². The van der Waals surface area contributed by atoms with Crippen LogP contribution >= 0.6 is 15.9 Å². The number of hydrogen-bond donors (Lipinski definition) is 0. The van der Waals surface area contributed by atoms with Crippen molar-refractivity contribution >= 4 is 22.4 Å². The van der Waals surface area contributed by atoms with Gasteiger partial charge in [0.2, 0.25) is 0 Å². The summed E-state index contributed by atoms with van der Waals surface area (Å²) in [4.78, 5) is 10.4. The number of rotatable bonds is 25. The molecule has 0 aromatic heterocycles. The summed E-state index contributed by atoms with van der Waals surface area (Å²) < 4.78 is 16.6. The molecular formula is C27H49BrO4. The van der Waals surface area contributed by atoms with E-state index in [0.717, 1.165) is 31.6 Å². The minimum Gasteiger partial charge on any atom is -0.498 e. The van der Waals surface area contributed by atoms with Gasteiger partial charge in [-0.25, -0.2) is 0 Å². The van der Waals surface area contributed by atoms with E-state index in [2.05, 4.69) is 42.9 Å². The molecule has 0 bridgehead atoms. The molecule has 0 aliphatic heterocycles. The first-order valence-corrected chi connectivity index (χ1v) is 14.0. The lowest BCUT2D eigenvalue weighted by atomic mass is 9.95. The average Bonchev–Trinajstić information content (AvgIpc) is 2.79. The standard InChI is InChI=1S/C27H49BrO4/c1-5-7-9-11-12-14-19-26(18-13-10-8-6-2)21-30-24(3)16-15-17-25(4)31-22-27(20-28)32-23-29/h23,26-27H,3-22H2,1-2H3. The van der Waals surface area contributed by atoms with E-state index in [1.807, 2.05) is 0 Å². The number of halogens is 1. The first kappa shape index (κ1) is 31.0. The minimum atomic E-state index is -0.288. The van der Waals surface area contributed by atoms with Gasteiger partial charge in [0, 0.05) is 18.2 Å². The fourth-order valence-electron chi connectivity index (χ4n) is 3.66. The fraction of sp³-hybridized carbons (Fsp3) is 0.815. The maximum atomic E-state index is 10.4. The summed E-state index contributed by atoms with van der Waals surface area (Å²) in [5.74, 6) is 2.21. The van der Waals surface area contributed by atoms with Crippen molar-refractivity contribution in [3.8, 4) is 0 Å². The number of carbonyl (C=O) groups excluding carboxylic acids is 1. The third kappa shape index (κ3) is 19.7. The van der Waals surface area contributed by atoms with Crippen LogP contribution in [0.4, 0.5) is 0 Å². The van der Waals surface area contributed by atoms with Crippen LogP contribution in [0.15, 0.2) is 24.7 Å². The largest absolute Gasteiger partial charge is 0.498 e. The van der Waals surface area contributed by atoms with E-state index >= 15 is 0 Å². The van der Waals surface area contributed by atoms with Crippen LogP contribution in [0.5, 0.6) is 0 Å². The van der Waals surface area contributed by atoms with Crippen molar-refractivity contribution in [1.82, 2.24) is 0 Å². The molecule has 0 saturated heterocycles. The molecule has 5 heteroatoms. The lowest BCUT2D eigenvalue weighted by Crippen LogP contribution is -2.20. The number of allylic oxidation sites excluding steroid dienone is 2. The Balaban J connectivity index is 4.09. The average molecular weight is 518 g/mol. The zero-order chi connectivity index (χ0) is 23.9. The Morgan fingerprint density at radius 2 is 1.28 bits per heavy atom. The summed E-state index contributed by atoms with van der Waals surface area (Å²) in [7, 11) is 0. The molecule has 0 radical (unpaired) electrons. The van der Waals surface area contributed by atoms with E-state index in [4.69, 9.17) is 14.2 Å². The SMILES string of the molecule is C=C(CCCC(=C)OCC(CBr)OC=O)OCC(CCCCCC)CCCCCCCC. The van der Waals surface area contributed by atoms with E-state index in [1.165, 1.54) is 77.0 Å². The lowest BCUT2D eigenvalue weighted by molar-refractivity contribution is -0.134. The number of alkyl halides is 1. The highest BCUT2D eigenvalue weighted by Gasteiger charge is 2.11. The number of hydrogen-bond acceptors (Lipinski definition) is 4. The first-order chi connectivity index (χ1) is 15.6. The van der Waals surface area contributed by atoms with Gasteiger partial charge in [-0.2, -0.15) is 0 Å². The van der Waals surface area contributed by atoms with Gasteiger partial charge in [0.15, 0.2) is 0 Å². The Hall–Kier alpha value is -0.970. The molecule has 0 aromatic rings. The molecule has 2 unspecified atom stereocenters. The van der Waals surface area contributed by atoms with Crippen molar-refractivity contribution < 1.29 is 19.0 Å². The zero-order valence-corrected chi connectivity index (χ0v) is 22.5. The number of carbonyl (C=O) groups is 1. The summed E-state index contributed by atoms with van der Waals surface area (Å²) >= 11 is 3.30. The molecule has 0 amide bonds. The van der Waals surface area contributed by atoms with Gasteiger partial charge in [0.25, 0.3) is 6.47 Å². The second-order valence-corrected chi connectivity index (χ2v) is 9.48. The smallest absolute Gasteiger partial charge is 0.293 e. The van der Waals surface area contributed by atoms with Crippen LogP contribution < -0.4 is 0 Å². The molecule has 0 rings (SSSR count). The highest BCUT2D eigenvalue weighted by atomic mass is 79.9. The van der Waals surface area contributed by atoms with Crippen molar-refractivity contribution in [2.24, 2.45) is 5.92 Å². The van der Waals surface area contributed by atoms with E-state index in [0.29, 0.717) is 30.1 Å². The van der Waals surface area contributed by atoms with Crippen molar-refractivity contribution in [2.45, 2.75) is 116 Å². The highest BCUT2D eigenvalue weighted by molar-refractivity contribution is 9.09. The molecule has 0 spiro atoms. The molecule has 0 saturated carbocycles. The number of unbranched alkanes of at least 4 members (excludes halogenated alkanes) is 8. The molecule has 2 atom stereocenters. The topological polar surface area (TPSA) is 44.8 Å². The van der Waals surface area contributed by atoms with Crippen LogP contribution in [0, 0.1) is 5.92 Å². The van der Waals surface area contributed by atoms with Gasteiger partial charge in [-0.05, 0) is 25.2 Å². The molecule has 0 heterocycles. The molecule has 0 aliphatic carbocycles. The Labute approximate surface area is 206 Å². The monoisotopic (exact) mass is 516 g/mol. The predicted molar refractivity (Wildman–Crippen MR) is 139 cm³/mol. The Bertz CT molecular complexity index is 467. The maximum Gasteiger partial charge on any atom is 0.293 e. The van der Waals surface area contributed by atoms with Crippen molar-refractivity contribution in [3.05, 3.63) is 24.7 Å². The summed E-state index contributed by atoms with van der Waals surface area (Å²) in [5.41, 5.74) is 0. The molecule has 0 aromatic carbocycles. The molecule has 32 heavy (non-hydrogen) atoms. The molecule has 0 N–H and O–H groups in total. The number of ether oxygens (including phenoxy) is 3. The Morgan fingerprint density at radius 3 is 1.81 bits per heavy atom. The van der Waals surface area contributed by atoms with Gasteiger partial charge in [0.1, 0.15) is 12.7 Å². The molecular weight excluding hydrogens is 468 g/mol. The van der Waals surface area contributed by atoms with E-state index in [9.17, 15) is 4.79 Å². The Morgan fingerprint density at radius 1 is 0.781 bits per heavy atom. The van der Waals surface area contributed by atoms with Crippen LogP contribution in [0.25, 0.3) is 0 Å². The third-order valence-electron chi connectivity index (χ3n) is 5.76. The van der Waals surface area contributed by atoms with E-state index in [1.54, 1.807) is 0 Å². The first-order valence-electron chi connectivity index (χ1n) is 12.8. The van der Waals surface area contributed by atoms with Gasteiger partial charge in [0.05, 0.1) is 18.1 Å². The molecule has 4 nitrogen and oxygen atoms in total. The Kier molecular flexibility index (Phi) is 22.5. The van der Waals surface area contributed by atoms with Gasteiger partial charge in [-0.1, -0.05) is 107 Å². The van der Waals surface area contributed by atoms with Crippen LogP contribution in [0.2, 0.25) is 0 Å². The molecule has 188 valence electrons. The van der Waals surface area contributed by atoms with Crippen LogP contribution in [-0.2, 0) is 19.0 Å². The van der Waals surface area contributed by atoms with Crippen molar-refractivity contribution in [3.63, 3.8) is 0 Å². The summed E-state index contributed by atoms with van der Waals surface area (Å²) in [6, 6.07) is 0. The van der Waals surface area contributed by atoms with Crippen LogP contribution in [-0.4, -0.2) is 31.1 Å². The third-order valence-corrected chi connectivity index (χ3v) is 6.48. The summed E-state index contributed by atoms with van der Waals surface area (Å²) in [6.45, 7) is 14.2. The minimum absolute atomic E-state index is 0.288.